The van der Waals surface area contributed by atoms with Gasteiger partial charge in [-0.1, -0.05) is 91.0 Å². The topological polar surface area (TPSA) is 81.9 Å². The predicted octanol–water partition coefficient (Wildman–Crippen LogP) is 5.21. The van der Waals surface area contributed by atoms with E-state index >= 15 is 0 Å². The number of imidazole rings is 1. The molecule has 1 atom stereocenters. The van der Waals surface area contributed by atoms with Gasteiger partial charge in [-0.2, -0.15) is 4.98 Å². The smallest absolute Gasteiger partial charge is 0.324 e. The highest BCUT2D eigenvalue weighted by Crippen LogP contribution is 2.37. The SMILES string of the molecule is COC(=O)[C@H](Cn1cnc2c(I)nc(Cl)nc21)NC(c1ccccc1)(c1ccccc1)c1ccccc1. The number of benzene rings is 3. The lowest BCUT2D eigenvalue weighted by Gasteiger charge is -2.39. The lowest BCUT2D eigenvalue weighted by molar-refractivity contribution is -0.143. The van der Waals surface area contributed by atoms with Gasteiger partial charge in [-0.25, -0.2) is 9.97 Å². The number of carbonyl (C=O) groups is 1. The van der Waals surface area contributed by atoms with Gasteiger partial charge in [-0.3, -0.25) is 10.1 Å². The fourth-order valence-electron chi connectivity index (χ4n) is 4.61. The summed E-state index contributed by atoms with van der Waals surface area (Å²) in [6.07, 6.45) is 1.64. The summed E-state index contributed by atoms with van der Waals surface area (Å²) in [4.78, 5) is 26.3. The van der Waals surface area contributed by atoms with Crippen molar-refractivity contribution >= 4 is 51.3 Å². The van der Waals surface area contributed by atoms with Crippen molar-refractivity contribution in [3.63, 3.8) is 0 Å². The summed E-state index contributed by atoms with van der Waals surface area (Å²) in [7, 11) is 1.39. The predicted molar refractivity (Wildman–Crippen MR) is 151 cm³/mol. The standard InChI is InChI=1S/C28H23ClIN5O2/c1-37-26(36)22(17-35-18-31-23-24(30)32-27(29)33-25(23)35)34-28(19-11-5-2-6-12-19,20-13-7-3-8-14-20)21-15-9-4-10-16-21/h2-16,18,22,34H,17H2,1H3/t22-/m0/s1. The van der Waals surface area contributed by atoms with Gasteiger partial charge in [0.2, 0.25) is 5.28 Å². The molecular weight excluding hydrogens is 601 g/mol. The van der Waals surface area contributed by atoms with Crippen LogP contribution in [0.5, 0.6) is 0 Å². The van der Waals surface area contributed by atoms with Crippen LogP contribution in [0.15, 0.2) is 97.3 Å². The summed E-state index contributed by atoms with van der Waals surface area (Å²) in [5, 5.41) is 3.82. The van der Waals surface area contributed by atoms with Gasteiger partial charge in [0.25, 0.3) is 0 Å². The van der Waals surface area contributed by atoms with Crippen LogP contribution in [-0.4, -0.2) is 38.6 Å². The first-order valence-corrected chi connectivity index (χ1v) is 13.0. The Hall–Kier alpha value is -3.34. The first-order valence-electron chi connectivity index (χ1n) is 11.6. The zero-order valence-corrected chi connectivity index (χ0v) is 22.8. The molecule has 7 nitrogen and oxygen atoms in total. The number of halogens is 2. The van der Waals surface area contributed by atoms with Crippen molar-refractivity contribution in [2.75, 3.05) is 7.11 Å². The van der Waals surface area contributed by atoms with E-state index in [9.17, 15) is 4.79 Å². The van der Waals surface area contributed by atoms with Crippen LogP contribution in [0.25, 0.3) is 11.2 Å². The Balaban J connectivity index is 1.68. The molecule has 1 N–H and O–H groups in total. The number of methoxy groups -OCH3 is 1. The third-order valence-electron chi connectivity index (χ3n) is 6.27. The molecule has 2 heterocycles. The molecule has 3 aromatic carbocycles. The highest BCUT2D eigenvalue weighted by Gasteiger charge is 2.40. The van der Waals surface area contributed by atoms with E-state index < -0.39 is 17.6 Å². The van der Waals surface area contributed by atoms with E-state index in [0.717, 1.165) is 16.7 Å². The second-order valence-electron chi connectivity index (χ2n) is 8.42. The number of aromatic nitrogens is 4. The zero-order valence-electron chi connectivity index (χ0n) is 19.9. The van der Waals surface area contributed by atoms with Gasteiger partial charge < -0.3 is 9.30 Å². The highest BCUT2D eigenvalue weighted by molar-refractivity contribution is 14.1. The molecule has 0 bridgehead atoms. The average Bonchev–Trinajstić information content (AvgIpc) is 3.34. The lowest BCUT2D eigenvalue weighted by atomic mass is 9.76. The van der Waals surface area contributed by atoms with E-state index in [0.29, 0.717) is 14.9 Å². The number of hydrogen-bond acceptors (Lipinski definition) is 6. The minimum Gasteiger partial charge on any atom is -0.468 e. The second-order valence-corrected chi connectivity index (χ2v) is 9.78. The molecule has 0 radical (unpaired) electrons. The molecule has 0 unspecified atom stereocenters. The van der Waals surface area contributed by atoms with E-state index in [2.05, 4.69) is 79.3 Å². The van der Waals surface area contributed by atoms with E-state index in [4.69, 9.17) is 16.3 Å². The molecule has 37 heavy (non-hydrogen) atoms. The van der Waals surface area contributed by atoms with Gasteiger partial charge in [0.1, 0.15) is 15.3 Å². The van der Waals surface area contributed by atoms with Crippen LogP contribution >= 0.6 is 34.2 Å². The van der Waals surface area contributed by atoms with Crippen LogP contribution in [0.1, 0.15) is 16.7 Å². The molecule has 0 fully saturated rings. The maximum Gasteiger partial charge on any atom is 0.324 e. The van der Waals surface area contributed by atoms with Crippen LogP contribution in [-0.2, 0) is 21.6 Å². The Kier molecular flexibility index (Phi) is 7.50. The van der Waals surface area contributed by atoms with E-state index in [-0.39, 0.29) is 11.8 Å². The van der Waals surface area contributed by atoms with Crippen molar-refractivity contribution in [2.24, 2.45) is 0 Å². The number of carbonyl (C=O) groups excluding carboxylic acids is 1. The molecule has 5 rings (SSSR count). The zero-order chi connectivity index (χ0) is 25.8. The van der Waals surface area contributed by atoms with E-state index in [1.165, 1.54) is 7.11 Å². The summed E-state index contributed by atoms with van der Waals surface area (Å²) < 4.78 is 7.72. The van der Waals surface area contributed by atoms with Crippen molar-refractivity contribution < 1.29 is 9.53 Å². The van der Waals surface area contributed by atoms with Gasteiger partial charge in [-0.15, -0.1) is 0 Å². The van der Waals surface area contributed by atoms with Crippen LogP contribution in [0, 0.1) is 3.70 Å². The van der Waals surface area contributed by atoms with Gasteiger partial charge in [0.05, 0.1) is 25.5 Å². The second kappa shape index (κ2) is 11.0. The number of rotatable bonds is 8. The summed E-state index contributed by atoms with van der Waals surface area (Å²) in [5.41, 5.74) is 3.25. The molecule has 0 aliphatic carbocycles. The third-order valence-corrected chi connectivity index (χ3v) is 7.19. The van der Waals surface area contributed by atoms with Crippen LogP contribution in [0.4, 0.5) is 0 Å². The van der Waals surface area contributed by atoms with Crippen molar-refractivity contribution in [2.45, 2.75) is 18.1 Å². The van der Waals surface area contributed by atoms with Gasteiger partial charge >= 0.3 is 5.97 Å². The number of fused-ring (bicyclic) bond motifs is 1. The summed E-state index contributed by atoms with van der Waals surface area (Å²) in [6, 6.07) is 29.5. The Morgan fingerprint density at radius 1 is 0.946 bits per heavy atom. The van der Waals surface area contributed by atoms with Crippen molar-refractivity contribution in [3.8, 4) is 0 Å². The number of nitrogens with one attached hydrogen (secondary N) is 1. The highest BCUT2D eigenvalue weighted by atomic mass is 127. The lowest BCUT2D eigenvalue weighted by Crippen LogP contribution is -2.54. The van der Waals surface area contributed by atoms with E-state index in [1.807, 2.05) is 54.6 Å². The van der Waals surface area contributed by atoms with Gasteiger partial charge in [0, 0.05) is 0 Å². The Bertz CT molecular complexity index is 1420. The monoisotopic (exact) mass is 623 g/mol. The summed E-state index contributed by atoms with van der Waals surface area (Å²) >= 11 is 8.23. The van der Waals surface area contributed by atoms with Gasteiger partial charge in [0.15, 0.2) is 5.65 Å². The maximum atomic E-state index is 13.3. The largest absolute Gasteiger partial charge is 0.468 e. The Morgan fingerprint density at radius 3 is 1.95 bits per heavy atom. The number of esters is 1. The molecular formula is C28H23ClIN5O2. The molecule has 2 aromatic heterocycles. The van der Waals surface area contributed by atoms with E-state index in [1.54, 1.807) is 10.9 Å². The Morgan fingerprint density at radius 2 is 1.46 bits per heavy atom. The van der Waals surface area contributed by atoms with Crippen LogP contribution in [0.3, 0.4) is 0 Å². The number of hydrogen-bond donors (Lipinski definition) is 1. The number of nitrogens with zero attached hydrogens (tertiary/aromatic N) is 4. The molecule has 9 heteroatoms. The molecule has 0 aliphatic heterocycles. The normalized spacial score (nSPS) is 12.4. The van der Waals surface area contributed by atoms with Crippen molar-refractivity contribution in [1.29, 1.82) is 0 Å². The first-order chi connectivity index (χ1) is 18.0. The minimum atomic E-state index is -0.861. The quantitative estimate of drug-likeness (QED) is 0.0841. The Labute approximate surface area is 233 Å². The molecule has 5 aromatic rings. The fourth-order valence-corrected chi connectivity index (χ4v) is 5.53. The molecule has 186 valence electrons. The molecule has 0 saturated heterocycles. The van der Waals surface area contributed by atoms with Crippen molar-refractivity contribution in [3.05, 3.63) is 123 Å². The molecule has 0 amide bonds. The maximum absolute atomic E-state index is 13.3. The number of ether oxygens (including phenoxy) is 1. The van der Waals surface area contributed by atoms with Crippen LogP contribution in [0.2, 0.25) is 5.28 Å². The fraction of sp³-hybridized carbons (Fsp3) is 0.143. The summed E-state index contributed by atoms with van der Waals surface area (Å²) in [6.45, 7) is 0.209. The minimum absolute atomic E-state index is 0.119. The summed E-state index contributed by atoms with van der Waals surface area (Å²) in [5.74, 6) is -0.413. The molecule has 0 spiro atoms. The average molecular weight is 624 g/mol. The molecule has 0 saturated carbocycles. The van der Waals surface area contributed by atoms with Crippen molar-refractivity contribution in [1.82, 2.24) is 24.8 Å². The van der Waals surface area contributed by atoms with Gasteiger partial charge in [-0.05, 0) is 50.9 Å². The first kappa shape index (κ1) is 25.3. The third kappa shape index (κ3) is 4.96. The van der Waals surface area contributed by atoms with Crippen LogP contribution < -0.4 is 5.32 Å². The molecule has 0 aliphatic rings.